The minimum Gasteiger partial charge on any atom is -0.497 e. The van der Waals surface area contributed by atoms with Crippen LogP contribution in [0, 0.1) is 5.82 Å². The van der Waals surface area contributed by atoms with Gasteiger partial charge >= 0.3 is 0 Å². The molecule has 0 spiro atoms. The van der Waals surface area contributed by atoms with E-state index in [-0.39, 0.29) is 11.5 Å². The first kappa shape index (κ1) is 15.8. The highest BCUT2D eigenvalue weighted by Gasteiger charge is 2.16. The molecule has 0 N–H and O–H groups in total. The van der Waals surface area contributed by atoms with Crippen molar-refractivity contribution in [2.45, 2.75) is 19.3 Å². The summed E-state index contributed by atoms with van der Waals surface area (Å²) in [6, 6.07) is 4.25. The van der Waals surface area contributed by atoms with Crippen molar-refractivity contribution in [3.05, 3.63) is 29.6 Å². The van der Waals surface area contributed by atoms with E-state index < -0.39 is 5.82 Å². The number of amides is 1. The van der Waals surface area contributed by atoms with Gasteiger partial charge in [-0.1, -0.05) is 6.42 Å². The minimum absolute atomic E-state index is 0.0700. The summed E-state index contributed by atoms with van der Waals surface area (Å²) in [5.74, 6) is 0.159. The Balaban J connectivity index is 2.61. The summed E-state index contributed by atoms with van der Waals surface area (Å²) < 4.78 is 18.7. The van der Waals surface area contributed by atoms with E-state index in [1.54, 1.807) is 13.1 Å². The summed E-state index contributed by atoms with van der Waals surface area (Å²) in [7, 11) is 3.13. The Kier molecular flexibility index (Phi) is 6.64. The summed E-state index contributed by atoms with van der Waals surface area (Å²) in [5, 5.41) is 0. The SMILES string of the molecule is COc1ccc(C(=O)N(C)CCCCCCl)c(F)c1. The molecule has 0 aromatic heterocycles. The number of rotatable bonds is 7. The molecule has 0 aliphatic heterocycles. The Morgan fingerprint density at radius 3 is 2.68 bits per heavy atom. The first-order valence-electron chi connectivity index (χ1n) is 6.25. The lowest BCUT2D eigenvalue weighted by Gasteiger charge is -2.17. The highest BCUT2D eigenvalue weighted by molar-refractivity contribution is 6.17. The highest BCUT2D eigenvalue weighted by atomic mass is 35.5. The number of nitrogens with zero attached hydrogens (tertiary/aromatic N) is 1. The predicted molar refractivity (Wildman–Crippen MR) is 74.5 cm³/mol. The van der Waals surface area contributed by atoms with E-state index in [4.69, 9.17) is 16.3 Å². The number of benzene rings is 1. The number of alkyl halides is 1. The second-order valence-corrected chi connectivity index (χ2v) is 4.70. The fourth-order valence-corrected chi connectivity index (χ4v) is 1.91. The van der Waals surface area contributed by atoms with E-state index in [0.29, 0.717) is 18.2 Å². The molecule has 106 valence electrons. The van der Waals surface area contributed by atoms with Gasteiger partial charge in [-0.25, -0.2) is 4.39 Å². The molecule has 3 nitrogen and oxygen atoms in total. The molecule has 0 atom stereocenters. The Labute approximate surface area is 118 Å². The number of ether oxygens (including phenoxy) is 1. The normalized spacial score (nSPS) is 10.3. The van der Waals surface area contributed by atoms with Gasteiger partial charge in [0.2, 0.25) is 0 Å². The number of halogens is 2. The van der Waals surface area contributed by atoms with Crippen molar-refractivity contribution in [1.82, 2.24) is 4.90 Å². The molecule has 0 radical (unpaired) electrons. The highest BCUT2D eigenvalue weighted by Crippen LogP contribution is 2.17. The summed E-state index contributed by atoms with van der Waals surface area (Å²) in [6.45, 7) is 0.598. The Bertz CT molecular complexity index is 426. The van der Waals surface area contributed by atoms with Crippen LogP contribution in [0.3, 0.4) is 0 Å². The van der Waals surface area contributed by atoms with E-state index in [0.717, 1.165) is 19.3 Å². The zero-order chi connectivity index (χ0) is 14.3. The van der Waals surface area contributed by atoms with Crippen LogP contribution in [-0.4, -0.2) is 37.4 Å². The largest absolute Gasteiger partial charge is 0.497 e. The molecule has 0 fully saturated rings. The molecular formula is C14H19ClFNO2. The number of methoxy groups -OCH3 is 1. The molecule has 0 bridgehead atoms. The molecule has 0 unspecified atom stereocenters. The van der Waals surface area contributed by atoms with Gasteiger partial charge in [0.15, 0.2) is 0 Å². The van der Waals surface area contributed by atoms with Crippen molar-refractivity contribution < 1.29 is 13.9 Å². The molecule has 1 aromatic rings. The molecule has 0 aliphatic rings. The van der Waals surface area contributed by atoms with Crippen molar-refractivity contribution in [1.29, 1.82) is 0 Å². The van der Waals surface area contributed by atoms with Crippen LogP contribution in [0.1, 0.15) is 29.6 Å². The summed E-state index contributed by atoms with van der Waals surface area (Å²) in [6.07, 6.45) is 2.76. The van der Waals surface area contributed by atoms with Gasteiger partial charge in [-0.15, -0.1) is 11.6 Å². The first-order valence-corrected chi connectivity index (χ1v) is 6.78. The molecule has 0 aliphatic carbocycles. The molecule has 0 heterocycles. The zero-order valence-electron chi connectivity index (χ0n) is 11.3. The Morgan fingerprint density at radius 2 is 2.11 bits per heavy atom. The maximum absolute atomic E-state index is 13.7. The van der Waals surface area contributed by atoms with E-state index >= 15 is 0 Å². The molecule has 5 heteroatoms. The fraction of sp³-hybridized carbons (Fsp3) is 0.500. The van der Waals surface area contributed by atoms with Gasteiger partial charge in [0.25, 0.3) is 5.91 Å². The van der Waals surface area contributed by atoms with Crippen LogP contribution in [0.2, 0.25) is 0 Å². The number of unbranched alkanes of at least 4 members (excludes halogenated alkanes) is 2. The van der Waals surface area contributed by atoms with Gasteiger partial charge < -0.3 is 9.64 Å². The quantitative estimate of drug-likeness (QED) is 0.569. The smallest absolute Gasteiger partial charge is 0.256 e. The fourth-order valence-electron chi connectivity index (χ4n) is 1.72. The number of carbonyl (C=O) groups is 1. The van der Waals surface area contributed by atoms with Crippen LogP contribution in [0.15, 0.2) is 18.2 Å². The van der Waals surface area contributed by atoms with E-state index in [1.165, 1.54) is 24.1 Å². The average Bonchev–Trinajstić information content (AvgIpc) is 2.42. The molecule has 0 saturated heterocycles. The minimum atomic E-state index is -0.558. The predicted octanol–water partition coefficient (Wildman–Crippen LogP) is 3.32. The third-order valence-electron chi connectivity index (χ3n) is 2.88. The third kappa shape index (κ3) is 4.71. The monoisotopic (exact) mass is 287 g/mol. The third-order valence-corrected chi connectivity index (χ3v) is 3.15. The van der Waals surface area contributed by atoms with Crippen molar-refractivity contribution >= 4 is 17.5 Å². The van der Waals surface area contributed by atoms with Gasteiger partial charge in [0.05, 0.1) is 12.7 Å². The van der Waals surface area contributed by atoms with E-state index in [2.05, 4.69) is 0 Å². The van der Waals surface area contributed by atoms with Gasteiger partial charge in [0, 0.05) is 25.5 Å². The van der Waals surface area contributed by atoms with Gasteiger partial charge in [-0.2, -0.15) is 0 Å². The molecule has 1 rings (SSSR count). The number of hydrogen-bond acceptors (Lipinski definition) is 2. The van der Waals surface area contributed by atoms with E-state index in [1.807, 2.05) is 0 Å². The molecule has 19 heavy (non-hydrogen) atoms. The van der Waals surface area contributed by atoms with Crippen LogP contribution < -0.4 is 4.74 Å². The van der Waals surface area contributed by atoms with Crippen LogP contribution in [0.5, 0.6) is 5.75 Å². The molecule has 1 aromatic carbocycles. The summed E-state index contributed by atoms with van der Waals surface area (Å²) >= 11 is 5.58. The standard InChI is InChI=1S/C14H19ClFNO2/c1-17(9-5-3-4-8-15)14(18)12-7-6-11(19-2)10-13(12)16/h6-7,10H,3-5,8-9H2,1-2H3. The van der Waals surface area contributed by atoms with Gasteiger partial charge in [0.1, 0.15) is 11.6 Å². The van der Waals surface area contributed by atoms with Crippen LogP contribution >= 0.6 is 11.6 Å². The molecule has 1 amide bonds. The van der Waals surface area contributed by atoms with Gasteiger partial charge in [-0.05, 0) is 25.0 Å². The average molecular weight is 288 g/mol. The van der Waals surface area contributed by atoms with Crippen LogP contribution in [0.25, 0.3) is 0 Å². The van der Waals surface area contributed by atoms with Crippen molar-refractivity contribution in [2.24, 2.45) is 0 Å². The first-order chi connectivity index (χ1) is 9.10. The van der Waals surface area contributed by atoms with Crippen molar-refractivity contribution in [3.8, 4) is 5.75 Å². The van der Waals surface area contributed by atoms with Crippen molar-refractivity contribution in [2.75, 3.05) is 26.6 Å². The molecule has 0 saturated carbocycles. The maximum Gasteiger partial charge on any atom is 0.256 e. The topological polar surface area (TPSA) is 29.5 Å². The molecular weight excluding hydrogens is 269 g/mol. The maximum atomic E-state index is 13.7. The summed E-state index contributed by atoms with van der Waals surface area (Å²) in [4.78, 5) is 13.6. The second kappa shape index (κ2) is 8.00. The van der Waals surface area contributed by atoms with E-state index in [9.17, 15) is 9.18 Å². The lowest BCUT2D eigenvalue weighted by atomic mass is 10.1. The summed E-state index contributed by atoms with van der Waals surface area (Å²) in [5.41, 5.74) is 0.0700. The number of carbonyl (C=O) groups excluding carboxylic acids is 1. The van der Waals surface area contributed by atoms with Crippen molar-refractivity contribution in [3.63, 3.8) is 0 Å². The Hall–Kier alpha value is -1.29. The Morgan fingerprint density at radius 1 is 1.37 bits per heavy atom. The number of hydrogen-bond donors (Lipinski definition) is 0. The van der Waals surface area contributed by atoms with Crippen LogP contribution in [-0.2, 0) is 0 Å². The van der Waals surface area contributed by atoms with Crippen LogP contribution in [0.4, 0.5) is 4.39 Å². The lowest BCUT2D eigenvalue weighted by Crippen LogP contribution is -2.28. The second-order valence-electron chi connectivity index (χ2n) is 4.32. The lowest BCUT2D eigenvalue weighted by molar-refractivity contribution is 0.0788. The zero-order valence-corrected chi connectivity index (χ0v) is 12.0. The van der Waals surface area contributed by atoms with Gasteiger partial charge in [-0.3, -0.25) is 4.79 Å².